The quantitative estimate of drug-likeness (QED) is 0.661. The summed E-state index contributed by atoms with van der Waals surface area (Å²) in [6.07, 6.45) is 1.83. The Morgan fingerprint density at radius 1 is 1.36 bits per heavy atom. The molecule has 1 aromatic heterocycles. The zero-order valence-corrected chi connectivity index (χ0v) is 14.4. The van der Waals surface area contributed by atoms with Crippen molar-refractivity contribution in [2.75, 3.05) is 13.1 Å². The number of imidazole rings is 1. The zero-order chi connectivity index (χ0) is 15.9. The Morgan fingerprint density at radius 2 is 2.18 bits per heavy atom. The van der Waals surface area contributed by atoms with Gasteiger partial charge in [-0.25, -0.2) is 4.98 Å². The number of amides is 1. The minimum absolute atomic E-state index is 0.0258. The predicted molar refractivity (Wildman–Crippen MR) is 91.3 cm³/mol. The normalized spacial score (nSPS) is 10.9. The van der Waals surface area contributed by atoms with Crippen LogP contribution in [-0.4, -0.2) is 29.0 Å². The summed E-state index contributed by atoms with van der Waals surface area (Å²) in [7, 11) is 0. The van der Waals surface area contributed by atoms with E-state index in [4.69, 9.17) is 0 Å². The average molecular weight is 365 g/mol. The van der Waals surface area contributed by atoms with Crippen molar-refractivity contribution in [2.24, 2.45) is 5.92 Å². The molecule has 0 unspecified atom stereocenters. The first-order chi connectivity index (χ1) is 10.6. The molecule has 6 heteroatoms. The molecule has 118 valence electrons. The average Bonchev–Trinajstić information content (AvgIpc) is 2.95. The van der Waals surface area contributed by atoms with Crippen LogP contribution in [0.2, 0.25) is 0 Å². The summed E-state index contributed by atoms with van der Waals surface area (Å²) in [6.45, 7) is 5.75. The number of carbonyl (C=O) groups is 1. The maximum atomic E-state index is 11.4. The summed E-state index contributed by atoms with van der Waals surface area (Å²) < 4.78 is 1.04. The van der Waals surface area contributed by atoms with E-state index < -0.39 is 0 Å². The van der Waals surface area contributed by atoms with Crippen molar-refractivity contribution in [1.29, 1.82) is 0 Å². The van der Waals surface area contributed by atoms with Crippen LogP contribution in [0, 0.1) is 5.92 Å². The summed E-state index contributed by atoms with van der Waals surface area (Å²) in [4.78, 5) is 19.1. The van der Waals surface area contributed by atoms with Crippen LogP contribution in [0.4, 0.5) is 0 Å². The van der Waals surface area contributed by atoms with E-state index in [2.05, 4.69) is 36.5 Å². The van der Waals surface area contributed by atoms with Gasteiger partial charge in [-0.2, -0.15) is 0 Å². The highest BCUT2D eigenvalue weighted by Crippen LogP contribution is 2.21. The summed E-state index contributed by atoms with van der Waals surface area (Å²) in [5.74, 6) is 0.986. The highest BCUT2D eigenvalue weighted by Gasteiger charge is 2.05. The molecule has 0 saturated heterocycles. The summed E-state index contributed by atoms with van der Waals surface area (Å²) >= 11 is 3.47. The first-order valence-electron chi connectivity index (χ1n) is 7.34. The second kappa shape index (κ2) is 8.10. The minimum Gasteiger partial charge on any atom is -0.355 e. The van der Waals surface area contributed by atoms with Gasteiger partial charge in [-0.15, -0.1) is 0 Å². The van der Waals surface area contributed by atoms with Gasteiger partial charge in [0.25, 0.3) is 0 Å². The van der Waals surface area contributed by atoms with Crippen LogP contribution >= 0.6 is 15.9 Å². The van der Waals surface area contributed by atoms with E-state index in [1.54, 1.807) is 0 Å². The standard InChI is InChI=1S/C16H21BrN4O/c1-11(2)16(22)19-7-6-18-10-15-20-9-14(21-15)12-4-3-5-13(17)8-12/h3-5,8-9,11,18H,6-7,10H2,1-2H3,(H,19,22)(H,20,21). The highest BCUT2D eigenvalue weighted by atomic mass is 79.9. The van der Waals surface area contributed by atoms with Crippen LogP contribution < -0.4 is 10.6 Å². The zero-order valence-electron chi connectivity index (χ0n) is 12.8. The van der Waals surface area contributed by atoms with Crippen LogP contribution in [0.15, 0.2) is 34.9 Å². The van der Waals surface area contributed by atoms with Crippen molar-refractivity contribution in [3.05, 3.63) is 40.8 Å². The molecule has 5 nitrogen and oxygen atoms in total. The molecule has 1 amide bonds. The molecule has 22 heavy (non-hydrogen) atoms. The third-order valence-electron chi connectivity index (χ3n) is 3.18. The van der Waals surface area contributed by atoms with Gasteiger partial charge in [-0.1, -0.05) is 41.9 Å². The van der Waals surface area contributed by atoms with E-state index in [-0.39, 0.29) is 11.8 Å². The predicted octanol–water partition coefficient (Wildman–Crippen LogP) is 2.70. The molecule has 0 aliphatic heterocycles. The van der Waals surface area contributed by atoms with E-state index >= 15 is 0 Å². The van der Waals surface area contributed by atoms with E-state index in [0.717, 1.165) is 21.6 Å². The second-order valence-corrected chi connectivity index (χ2v) is 6.29. The third-order valence-corrected chi connectivity index (χ3v) is 3.68. The Balaban J connectivity index is 1.77. The first-order valence-corrected chi connectivity index (χ1v) is 8.14. The number of nitrogens with one attached hydrogen (secondary N) is 3. The van der Waals surface area contributed by atoms with E-state index in [0.29, 0.717) is 19.6 Å². The Morgan fingerprint density at radius 3 is 2.91 bits per heavy atom. The van der Waals surface area contributed by atoms with Gasteiger partial charge in [-0.05, 0) is 12.1 Å². The van der Waals surface area contributed by atoms with Gasteiger partial charge in [-0.3, -0.25) is 4.79 Å². The SMILES string of the molecule is CC(C)C(=O)NCCNCc1ncc(-c2cccc(Br)c2)[nH]1. The molecule has 0 radical (unpaired) electrons. The van der Waals surface area contributed by atoms with Crippen LogP contribution in [0.3, 0.4) is 0 Å². The molecule has 0 bridgehead atoms. The first kappa shape index (κ1) is 16.7. The van der Waals surface area contributed by atoms with Crippen molar-refractivity contribution in [3.8, 4) is 11.3 Å². The number of H-pyrrole nitrogens is 1. The number of carbonyl (C=O) groups excluding carboxylic acids is 1. The monoisotopic (exact) mass is 364 g/mol. The number of hydrogen-bond donors (Lipinski definition) is 3. The van der Waals surface area contributed by atoms with Crippen LogP contribution in [0.1, 0.15) is 19.7 Å². The molecule has 0 saturated carbocycles. The van der Waals surface area contributed by atoms with Crippen molar-refractivity contribution < 1.29 is 4.79 Å². The summed E-state index contributed by atoms with van der Waals surface area (Å²) in [6, 6.07) is 8.08. The molecule has 0 aliphatic carbocycles. The second-order valence-electron chi connectivity index (χ2n) is 5.38. The fourth-order valence-electron chi connectivity index (χ4n) is 1.94. The van der Waals surface area contributed by atoms with Crippen LogP contribution in [-0.2, 0) is 11.3 Å². The highest BCUT2D eigenvalue weighted by molar-refractivity contribution is 9.10. The van der Waals surface area contributed by atoms with Gasteiger partial charge in [0.1, 0.15) is 5.82 Å². The lowest BCUT2D eigenvalue weighted by Gasteiger charge is -2.07. The van der Waals surface area contributed by atoms with Crippen LogP contribution in [0.25, 0.3) is 11.3 Å². The number of halogens is 1. The molecule has 1 heterocycles. The lowest BCUT2D eigenvalue weighted by Crippen LogP contribution is -2.34. The lowest BCUT2D eigenvalue weighted by molar-refractivity contribution is -0.123. The number of benzene rings is 1. The van der Waals surface area contributed by atoms with Gasteiger partial charge in [0.2, 0.25) is 5.91 Å². The topological polar surface area (TPSA) is 69.8 Å². The summed E-state index contributed by atoms with van der Waals surface area (Å²) in [5.41, 5.74) is 2.09. The molecular weight excluding hydrogens is 344 g/mol. The molecule has 0 spiro atoms. The van der Waals surface area contributed by atoms with E-state index in [9.17, 15) is 4.79 Å². The maximum absolute atomic E-state index is 11.4. The largest absolute Gasteiger partial charge is 0.355 e. The van der Waals surface area contributed by atoms with E-state index in [1.165, 1.54) is 0 Å². The fourth-order valence-corrected chi connectivity index (χ4v) is 2.34. The van der Waals surface area contributed by atoms with E-state index in [1.807, 2.05) is 44.3 Å². The van der Waals surface area contributed by atoms with Gasteiger partial charge in [0.15, 0.2) is 0 Å². The number of rotatable bonds is 7. The van der Waals surface area contributed by atoms with Crippen molar-refractivity contribution >= 4 is 21.8 Å². The Kier molecular flexibility index (Phi) is 6.15. The van der Waals surface area contributed by atoms with Crippen molar-refractivity contribution in [2.45, 2.75) is 20.4 Å². The van der Waals surface area contributed by atoms with Gasteiger partial charge in [0.05, 0.1) is 18.4 Å². The summed E-state index contributed by atoms with van der Waals surface area (Å²) in [5, 5.41) is 6.12. The fraction of sp³-hybridized carbons (Fsp3) is 0.375. The Hall–Kier alpha value is -1.66. The third kappa shape index (κ3) is 4.96. The molecular formula is C16H21BrN4O. The molecule has 2 aromatic rings. The van der Waals surface area contributed by atoms with Crippen molar-refractivity contribution in [1.82, 2.24) is 20.6 Å². The molecule has 0 atom stereocenters. The van der Waals surface area contributed by atoms with Gasteiger partial charge < -0.3 is 15.6 Å². The number of hydrogen-bond acceptors (Lipinski definition) is 3. The van der Waals surface area contributed by atoms with Gasteiger partial charge >= 0.3 is 0 Å². The van der Waals surface area contributed by atoms with Gasteiger partial charge in [0, 0.05) is 29.0 Å². The molecule has 2 rings (SSSR count). The van der Waals surface area contributed by atoms with Crippen LogP contribution in [0.5, 0.6) is 0 Å². The smallest absolute Gasteiger partial charge is 0.222 e. The number of aromatic amines is 1. The molecule has 0 aliphatic rings. The number of aromatic nitrogens is 2. The lowest BCUT2D eigenvalue weighted by atomic mass is 10.2. The molecule has 3 N–H and O–H groups in total. The molecule has 1 aromatic carbocycles. The van der Waals surface area contributed by atoms with Crippen molar-refractivity contribution in [3.63, 3.8) is 0 Å². The molecule has 0 fully saturated rings. The number of nitrogens with zero attached hydrogens (tertiary/aromatic N) is 1. The Bertz CT molecular complexity index is 624. The minimum atomic E-state index is 0.0258. The maximum Gasteiger partial charge on any atom is 0.222 e. The Labute approximate surface area is 139 Å².